The molecule has 0 fully saturated rings. The van der Waals surface area contributed by atoms with Gasteiger partial charge in [0.2, 0.25) is 0 Å². The lowest BCUT2D eigenvalue weighted by molar-refractivity contribution is 0.0735. The lowest BCUT2D eigenvalue weighted by Gasteiger charge is -2.04. The molecule has 0 atom stereocenters. The minimum atomic E-state index is -0.388. The first kappa shape index (κ1) is 11.8. The molecule has 0 N–H and O–H groups in total. The third kappa shape index (κ3) is 2.46. The van der Waals surface area contributed by atoms with Crippen LogP contribution in [-0.4, -0.2) is 14.7 Å². The summed E-state index contributed by atoms with van der Waals surface area (Å²) in [5.74, 6) is 0.155. The van der Waals surface area contributed by atoms with Gasteiger partial charge in [0.1, 0.15) is 16.8 Å². The van der Waals surface area contributed by atoms with Crippen LogP contribution in [0.25, 0.3) is 11.0 Å². The molecule has 94 valence electrons. The van der Waals surface area contributed by atoms with E-state index in [0.717, 1.165) is 22.8 Å². The van der Waals surface area contributed by atoms with E-state index in [1.54, 1.807) is 24.3 Å². The average molecular weight is 270 g/mol. The van der Waals surface area contributed by atoms with Crippen LogP contribution in [0.2, 0.25) is 0 Å². The summed E-state index contributed by atoms with van der Waals surface area (Å²) >= 11 is 1.13. The molecule has 5 heteroatoms. The number of esters is 1. The number of carbonyl (C=O) groups is 1. The zero-order valence-electron chi connectivity index (χ0n) is 10.2. The van der Waals surface area contributed by atoms with E-state index in [2.05, 4.69) is 8.75 Å². The molecule has 0 aliphatic heterocycles. The summed E-state index contributed by atoms with van der Waals surface area (Å²) < 4.78 is 13.5. The molecule has 0 saturated heterocycles. The zero-order chi connectivity index (χ0) is 13.2. The van der Waals surface area contributed by atoms with Crippen molar-refractivity contribution in [1.82, 2.24) is 8.75 Å². The number of aromatic nitrogens is 2. The number of carbonyl (C=O) groups excluding carboxylic acids is 1. The summed E-state index contributed by atoms with van der Waals surface area (Å²) in [6, 6.07) is 12.5. The van der Waals surface area contributed by atoms with Crippen LogP contribution in [-0.2, 0) is 0 Å². The van der Waals surface area contributed by atoms with E-state index in [1.165, 1.54) is 0 Å². The third-order valence-electron chi connectivity index (χ3n) is 2.69. The predicted molar refractivity (Wildman–Crippen MR) is 73.6 cm³/mol. The fourth-order valence-electron chi connectivity index (χ4n) is 1.75. The first-order valence-corrected chi connectivity index (χ1v) is 6.46. The highest BCUT2D eigenvalue weighted by Crippen LogP contribution is 2.17. The van der Waals surface area contributed by atoms with Gasteiger partial charge >= 0.3 is 5.97 Å². The Morgan fingerprint density at radius 2 is 1.95 bits per heavy atom. The average Bonchev–Trinajstić information content (AvgIpc) is 2.85. The van der Waals surface area contributed by atoms with E-state index in [-0.39, 0.29) is 5.97 Å². The van der Waals surface area contributed by atoms with Crippen LogP contribution in [0, 0.1) is 6.92 Å². The number of aryl methyl sites for hydroxylation is 1. The van der Waals surface area contributed by atoms with E-state index < -0.39 is 0 Å². The van der Waals surface area contributed by atoms with Crippen molar-refractivity contribution < 1.29 is 9.53 Å². The molecule has 0 aliphatic carbocycles. The van der Waals surface area contributed by atoms with Gasteiger partial charge in [0, 0.05) is 0 Å². The fraction of sp³-hybridized carbons (Fsp3) is 0.0714. The number of benzene rings is 2. The molecule has 0 aliphatic rings. The molecular weight excluding hydrogens is 260 g/mol. The van der Waals surface area contributed by atoms with Gasteiger partial charge in [0.05, 0.1) is 17.3 Å². The van der Waals surface area contributed by atoms with Crippen molar-refractivity contribution in [2.24, 2.45) is 0 Å². The first-order valence-electron chi connectivity index (χ1n) is 5.73. The van der Waals surface area contributed by atoms with E-state index in [9.17, 15) is 4.79 Å². The fourth-order valence-corrected chi connectivity index (χ4v) is 2.27. The molecule has 0 radical (unpaired) electrons. The Morgan fingerprint density at radius 1 is 1.11 bits per heavy atom. The predicted octanol–water partition coefficient (Wildman–Crippen LogP) is 3.22. The SMILES string of the molecule is Cc1cccc(OC(=O)c2ccc3nsnc3c2)c1. The van der Waals surface area contributed by atoms with Gasteiger partial charge in [-0.25, -0.2) is 4.79 Å². The lowest BCUT2D eigenvalue weighted by Crippen LogP contribution is -2.08. The van der Waals surface area contributed by atoms with Crippen molar-refractivity contribution in [2.45, 2.75) is 6.92 Å². The van der Waals surface area contributed by atoms with Crippen LogP contribution in [0.4, 0.5) is 0 Å². The van der Waals surface area contributed by atoms with Crippen LogP contribution in [0.5, 0.6) is 5.75 Å². The topological polar surface area (TPSA) is 52.1 Å². The highest BCUT2D eigenvalue weighted by molar-refractivity contribution is 7.00. The lowest BCUT2D eigenvalue weighted by atomic mass is 10.2. The third-order valence-corrected chi connectivity index (χ3v) is 3.25. The van der Waals surface area contributed by atoms with Crippen LogP contribution in [0.1, 0.15) is 15.9 Å². The van der Waals surface area contributed by atoms with Gasteiger partial charge in [-0.3, -0.25) is 0 Å². The second-order valence-electron chi connectivity index (χ2n) is 4.17. The molecule has 3 aromatic rings. The molecule has 0 amide bonds. The standard InChI is InChI=1S/C14H10N2O2S/c1-9-3-2-4-11(7-9)18-14(17)10-5-6-12-13(8-10)16-19-15-12/h2-8H,1H3. The monoisotopic (exact) mass is 270 g/mol. The molecular formula is C14H10N2O2S. The number of hydrogen-bond acceptors (Lipinski definition) is 5. The maximum atomic E-state index is 12.0. The minimum absolute atomic E-state index is 0.388. The van der Waals surface area contributed by atoms with Crippen molar-refractivity contribution in [1.29, 1.82) is 0 Å². The Kier molecular flexibility index (Phi) is 2.97. The van der Waals surface area contributed by atoms with Gasteiger partial charge in [0.25, 0.3) is 0 Å². The summed E-state index contributed by atoms with van der Waals surface area (Å²) in [5.41, 5.74) is 3.02. The highest BCUT2D eigenvalue weighted by Gasteiger charge is 2.10. The van der Waals surface area contributed by atoms with Gasteiger partial charge in [-0.2, -0.15) is 8.75 Å². The van der Waals surface area contributed by atoms with Gasteiger partial charge in [0.15, 0.2) is 0 Å². The Labute approximate surface area is 114 Å². The second kappa shape index (κ2) is 4.78. The Bertz CT molecular complexity index is 752. The molecule has 0 spiro atoms. The van der Waals surface area contributed by atoms with Crippen LogP contribution in [0.3, 0.4) is 0 Å². The molecule has 0 bridgehead atoms. The molecule has 3 rings (SSSR count). The normalized spacial score (nSPS) is 10.6. The summed E-state index contributed by atoms with van der Waals surface area (Å²) in [6.07, 6.45) is 0. The van der Waals surface area contributed by atoms with Crippen molar-refractivity contribution in [3.05, 3.63) is 53.6 Å². The molecule has 19 heavy (non-hydrogen) atoms. The van der Waals surface area contributed by atoms with Crippen LogP contribution in [0.15, 0.2) is 42.5 Å². The molecule has 4 nitrogen and oxygen atoms in total. The summed E-state index contributed by atoms with van der Waals surface area (Å²) in [6.45, 7) is 1.95. The minimum Gasteiger partial charge on any atom is -0.423 e. The van der Waals surface area contributed by atoms with E-state index in [4.69, 9.17) is 4.74 Å². The second-order valence-corrected chi connectivity index (χ2v) is 4.70. The van der Waals surface area contributed by atoms with Crippen molar-refractivity contribution >= 4 is 28.7 Å². The smallest absolute Gasteiger partial charge is 0.343 e. The Morgan fingerprint density at radius 3 is 2.79 bits per heavy atom. The summed E-state index contributed by atoms with van der Waals surface area (Å²) in [5, 5.41) is 0. The van der Waals surface area contributed by atoms with Gasteiger partial charge in [-0.05, 0) is 42.8 Å². The number of nitrogens with zero attached hydrogens (tertiary/aromatic N) is 2. The number of hydrogen-bond donors (Lipinski definition) is 0. The van der Waals surface area contributed by atoms with Gasteiger partial charge in [-0.15, -0.1) is 0 Å². The maximum absolute atomic E-state index is 12.0. The molecule has 0 saturated carbocycles. The van der Waals surface area contributed by atoms with Gasteiger partial charge < -0.3 is 4.74 Å². The van der Waals surface area contributed by atoms with Crippen LogP contribution >= 0.6 is 11.7 Å². The number of fused-ring (bicyclic) bond motifs is 1. The number of rotatable bonds is 2. The summed E-state index contributed by atoms with van der Waals surface area (Å²) in [4.78, 5) is 12.0. The Hall–Kier alpha value is -2.27. The van der Waals surface area contributed by atoms with Crippen LogP contribution < -0.4 is 4.74 Å². The first-order chi connectivity index (χ1) is 9.22. The summed E-state index contributed by atoms with van der Waals surface area (Å²) in [7, 11) is 0. The van der Waals surface area contributed by atoms with Crippen molar-refractivity contribution in [2.75, 3.05) is 0 Å². The zero-order valence-corrected chi connectivity index (χ0v) is 11.0. The van der Waals surface area contributed by atoms with E-state index in [0.29, 0.717) is 16.8 Å². The maximum Gasteiger partial charge on any atom is 0.343 e. The molecule has 2 aromatic carbocycles. The number of ether oxygens (including phenoxy) is 1. The molecule has 1 heterocycles. The van der Waals surface area contributed by atoms with E-state index in [1.807, 2.05) is 25.1 Å². The quantitative estimate of drug-likeness (QED) is 0.530. The largest absolute Gasteiger partial charge is 0.423 e. The van der Waals surface area contributed by atoms with Crippen molar-refractivity contribution in [3.63, 3.8) is 0 Å². The van der Waals surface area contributed by atoms with E-state index >= 15 is 0 Å². The van der Waals surface area contributed by atoms with Gasteiger partial charge in [-0.1, -0.05) is 12.1 Å². The Balaban J connectivity index is 1.87. The molecule has 1 aromatic heterocycles. The highest BCUT2D eigenvalue weighted by atomic mass is 32.1. The molecule has 0 unspecified atom stereocenters. The van der Waals surface area contributed by atoms with Crippen molar-refractivity contribution in [3.8, 4) is 5.75 Å².